The lowest BCUT2D eigenvalue weighted by molar-refractivity contribution is -0.545. The van der Waals surface area contributed by atoms with E-state index < -0.39 is 39.9 Å². The van der Waals surface area contributed by atoms with Crippen molar-refractivity contribution in [2.45, 2.75) is 25.0 Å². The molecule has 1 fully saturated rings. The van der Waals surface area contributed by atoms with Gasteiger partial charge in [-0.3, -0.25) is 14.9 Å². The molecule has 29 heavy (non-hydrogen) atoms. The van der Waals surface area contributed by atoms with Gasteiger partial charge in [0.05, 0.1) is 13.1 Å². The molecular formula is C19H16F3IN2O4. The fourth-order valence-electron chi connectivity index (χ4n) is 3.21. The van der Waals surface area contributed by atoms with Crippen LogP contribution >= 0.6 is 22.6 Å². The topological polar surface area (TPSA) is 83.7 Å². The summed E-state index contributed by atoms with van der Waals surface area (Å²) in [7, 11) is 0. The number of carbonyl (C=O) groups excluding carboxylic acids is 1. The van der Waals surface area contributed by atoms with Gasteiger partial charge < -0.3 is 10.0 Å². The van der Waals surface area contributed by atoms with Gasteiger partial charge in [0.1, 0.15) is 5.82 Å². The van der Waals surface area contributed by atoms with E-state index in [0.717, 1.165) is 17.0 Å². The average molecular weight is 520 g/mol. The lowest BCUT2D eigenvalue weighted by Gasteiger charge is -2.46. The molecule has 1 N–H and O–H groups in total. The fraction of sp³-hybridized carbons (Fsp3) is 0.316. The van der Waals surface area contributed by atoms with Crippen LogP contribution in [0.5, 0.6) is 0 Å². The second-order valence-corrected chi connectivity index (χ2v) is 8.27. The van der Waals surface area contributed by atoms with Gasteiger partial charge in [-0.25, -0.2) is 13.2 Å². The van der Waals surface area contributed by atoms with Gasteiger partial charge in [-0.05, 0) is 52.4 Å². The van der Waals surface area contributed by atoms with Crippen molar-refractivity contribution in [3.05, 3.63) is 78.2 Å². The van der Waals surface area contributed by atoms with E-state index in [0.29, 0.717) is 3.57 Å². The fourth-order valence-corrected chi connectivity index (χ4v) is 3.66. The van der Waals surface area contributed by atoms with E-state index in [4.69, 9.17) is 0 Å². The minimum atomic E-state index is -1.69. The SMILES string of the molecule is CC([N+](=O)[O-])C1(O)CN(C(=O)c2ccc(F)c(F)c2Cc2ccc(I)cc2F)C1. The zero-order valence-electron chi connectivity index (χ0n) is 15.2. The average Bonchev–Trinajstić information content (AvgIpc) is 2.63. The molecule has 1 atom stereocenters. The lowest BCUT2D eigenvalue weighted by atomic mass is 9.86. The van der Waals surface area contributed by atoms with Crippen LogP contribution in [0.3, 0.4) is 0 Å². The molecule has 1 saturated heterocycles. The molecule has 1 aliphatic rings. The summed E-state index contributed by atoms with van der Waals surface area (Å²) in [6.45, 7) is 0.596. The van der Waals surface area contributed by atoms with Crippen molar-refractivity contribution < 1.29 is 28.0 Å². The summed E-state index contributed by atoms with van der Waals surface area (Å²) in [5.41, 5.74) is -2.10. The monoisotopic (exact) mass is 520 g/mol. The Morgan fingerprint density at radius 2 is 1.93 bits per heavy atom. The highest BCUT2D eigenvalue weighted by atomic mass is 127. The van der Waals surface area contributed by atoms with E-state index in [1.54, 1.807) is 6.07 Å². The van der Waals surface area contributed by atoms with Crippen LogP contribution in [0.1, 0.15) is 28.4 Å². The third kappa shape index (κ3) is 4.08. The second kappa shape index (κ2) is 7.90. The number of hydrogen-bond donors (Lipinski definition) is 1. The van der Waals surface area contributed by atoms with Crippen LogP contribution in [0.2, 0.25) is 0 Å². The maximum Gasteiger partial charge on any atom is 0.254 e. The van der Waals surface area contributed by atoms with Crippen molar-refractivity contribution in [1.82, 2.24) is 4.90 Å². The van der Waals surface area contributed by atoms with Crippen molar-refractivity contribution in [3.8, 4) is 0 Å². The molecule has 6 nitrogen and oxygen atoms in total. The highest BCUT2D eigenvalue weighted by molar-refractivity contribution is 14.1. The number of nitrogens with zero attached hydrogens (tertiary/aromatic N) is 2. The molecule has 0 bridgehead atoms. The first-order chi connectivity index (χ1) is 13.5. The molecular weight excluding hydrogens is 504 g/mol. The molecule has 0 saturated carbocycles. The van der Waals surface area contributed by atoms with E-state index in [1.807, 2.05) is 22.6 Å². The Hall–Kier alpha value is -2.21. The molecule has 2 aromatic rings. The molecule has 0 aliphatic carbocycles. The third-order valence-electron chi connectivity index (χ3n) is 5.12. The van der Waals surface area contributed by atoms with Crippen LogP contribution in [0.4, 0.5) is 13.2 Å². The third-order valence-corrected chi connectivity index (χ3v) is 5.79. The largest absolute Gasteiger partial charge is 0.379 e. The molecule has 1 amide bonds. The van der Waals surface area contributed by atoms with Crippen LogP contribution in [0.15, 0.2) is 30.3 Å². The standard InChI is InChI=1S/C19H16F3IN2O4/c1-10(25(28)29)19(27)8-24(9-19)18(26)13-4-5-15(20)17(22)14(13)6-11-2-3-12(23)7-16(11)21/h2-5,7,10,27H,6,8-9H2,1H3. The van der Waals surface area contributed by atoms with E-state index in [1.165, 1.54) is 19.1 Å². The summed E-state index contributed by atoms with van der Waals surface area (Å²) in [4.78, 5) is 24.1. The van der Waals surface area contributed by atoms with Gasteiger partial charge in [-0.1, -0.05) is 6.07 Å². The maximum atomic E-state index is 14.5. The van der Waals surface area contributed by atoms with Crippen molar-refractivity contribution in [3.63, 3.8) is 0 Å². The molecule has 1 heterocycles. The maximum absolute atomic E-state index is 14.5. The summed E-state index contributed by atoms with van der Waals surface area (Å²) in [5, 5.41) is 21.2. The Morgan fingerprint density at radius 1 is 1.28 bits per heavy atom. The van der Waals surface area contributed by atoms with Crippen LogP contribution in [-0.4, -0.2) is 45.6 Å². The highest BCUT2D eigenvalue weighted by Crippen LogP contribution is 2.30. The zero-order valence-corrected chi connectivity index (χ0v) is 17.3. The number of β-amino-alcohol motifs (C(OH)–C–C–N with tert-alkyl or cyclic N) is 1. The number of carbonyl (C=O) groups is 1. The lowest BCUT2D eigenvalue weighted by Crippen LogP contribution is -2.69. The van der Waals surface area contributed by atoms with Crippen LogP contribution in [0, 0.1) is 31.1 Å². The summed E-state index contributed by atoms with van der Waals surface area (Å²) in [6.07, 6.45) is -0.350. The van der Waals surface area contributed by atoms with Gasteiger partial charge in [0, 0.05) is 33.0 Å². The van der Waals surface area contributed by atoms with Gasteiger partial charge in [0.2, 0.25) is 6.04 Å². The van der Waals surface area contributed by atoms with Gasteiger partial charge in [-0.2, -0.15) is 0 Å². The number of benzene rings is 2. The van der Waals surface area contributed by atoms with Crippen LogP contribution in [0.25, 0.3) is 0 Å². The predicted molar refractivity (Wildman–Crippen MR) is 106 cm³/mol. The number of halogens is 4. The van der Waals surface area contributed by atoms with Crippen molar-refractivity contribution in [1.29, 1.82) is 0 Å². The van der Waals surface area contributed by atoms with E-state index in [2.05, 4.69) is 0 Å². The predicted octanol–water partition coefficient (Wildman–Crippen LogP) is 3.15. The quantitative estimate of drug-likeness (QED) is 0.373. The Morgan fingerprint density at radius 3 is 2.52 bits per heavy atom. The summed E-state index contributed by atoms with van der Waals surface area (Å²) < 4.78 is 43.1. The molecule has 3 rings (SSSR count). The van der Waals surface area contributed by atoms with Gasteiger partial charge in [0.25, 0.3) is 5.91 Å². The van der Waals surface area contributed by atoms with E-state index in [9.17, 15) is 33.2 Å². The first-order valence-corrected chi connectivity index (χ1v) is 9.67. The van der Waals surface area contributed by atoms with Crippen molar-refractivity contribution in [2.75, 3.05) is 13.1 Å². The Labute approximate surface area is 177 Å². The number of amides is 1. The van der Waals surface area contributed by atoms with E-state index in [-0.39, 0.29) is 36.2 Å². The number of likely N-dealkylation sites (tertiary alicyclic amines) is 1. The molecule has 0 radical (unpaired) electrons. The molecule has 0 aromatic heterocycles. The summed E-state index contributed by atoms with van der Waals surface area (Å²) in [5.74, 6) is -3.77. The minimum Gasteiger partial charge on any atom is -0.379 e. The van der Waals surface area contributed by atoms with Crippen molar-refractivity contribution >= 4 is 28.5 Å². The molecule has 1 unspecified atom stereocenters. The smallest absolute Gasteiger partial charge is 0.254 e. The van der Waals surface area contributed by atoms with Gasteiger partial charge in [-0.15, -0.1) is 0 Å². The molecule has 2 aromatic carbocycles. The first kappa shape index (κ1) is 21.5. The highest BCUT2D eigenvalue weighted by Gasteiger charge is 2.53. The number of aliphatic hydroxyl groups is 1. The number of nitro groups is 1. The number of rotatable bonds is 5. The molecule has 1 aliphatic heterocycles. The Bertz CT molecular complexity index is 996. The molecule has 154 valence electrons. The molecule has 10 heteroatoms. The molecule has 0 spiro atoms. The van der Waals surface area contributed by atoms with Gasteiger partial charge in [0.15, 0.2) is 17.2 Å². The normalized spacial score (nSPS) is 16.3. The summed E-state index contributed by atoms with van der Waals surface area (Å²) in [6, 6.07) is 4.86. The summed E-state index contributed by atoms with van der Waals surface area (Å²) >= 11 is 1.91. The van der Waals surface area contributed by atoms with Gasteiger partial charge >= 0.3 is 0 Å². The van der Waals surface area contributed by atoms with Crippen LogP contribution < -0.4 is 0 Å². The Kier molecular flexibility index (Phi) is 5.86. The van der Waals surface area contributed by atoms with Crippen molar-refractivity contribution in [2.24, 2.45) is 0 Å². The first-order valence-electron chi connectivity index (χ1n) is 8.59. The number of hydrogen-bond acceptors (Lipinski definition) is 4. The van der Waals surface area contributed by atoms with Crippen LogP contribution in [-0.2, 0) is 6.42 Å². The van der Waals surface area contributed by atoms with E-state index >= 15 is 0 Å². The minimum absolute atomic E-state index is 0.0889. The zero-order chi connectivity index (χ0) is 21.5. The second-order valence-electron chi connectivity index (χ2n) is 7.03. The Balaban J connectivity index is 1.90.